The molecule has 0 spiro atoms. The van der Waals surface area contributed by atoms with E-state index in [0.717, 1.165) is 6.42 Å². The largest absolute Gasteiger partial charge is 0.404 e. The Balaban J connectivity index is 1.75. The van der Waals surface area contributed by atoms with Gasteiger partial charge < -0.3 is 19.0 Å². The number of rotatable bonds is 6. The molecule has 2 aromatic rings. The van der Waals surface area contributed by atoms with Gasteiger partial charge in [-0.15, -0.1) is 0 Å². The van der Waals surface area contributed by atoms with Gasteiger partial charge in [0.1, 0.15) is 0 Å². The fourth-order valence-corrected chi connectivity index (χ4v) is 10.1. The molecule has 1 saturated heterocycles. The lowest BCUT2D eigenvalue weighted by molar-refractivity contribution is -0.171. The molecule has 2 aliphatic rings. The molecule has 2 fully saturated rings. The molecule has 4 rings (SSSR count). The van der Waals surface area contributed by atoms with Crippen LogP contribution in [0.3, 0.4) is 0 Å². The summed E-state index contributed by atoms with van der Waals surface area (Å²) in [5, 5.41) is 12.5. The van der Waals surface area contributed by atoms with Crippen molar-refractivity contribution in [1.82, 2.24) is 0 Å². The number of aliphatic hydroxyl groups is 1. The van der Waals surface area contributed by atoms with E-state index in [1.165, 1.54) is 10.4 Å². The third-order valence-corrected chi connectivity index (χ3v) is 12.0. The van der Waals surface area contributed by atoms with Crippen molar-refractivity contribution >= 4 is 18.7 Å². The summed E-state index contributed by atoms with van der Waals surface area (Å²) in [6.45, 7) is 11.5. The van der Waals surface area contributed by atoms with Crippen molar-refractivity contribution in [2.24, 2.45) is 11.8 Å². The van der Waals surface area contributed by atoms with Gasteiger partial charge in [-0.3, -0.25) is 0 Å². The molecule has 2 aromatic carbocycles. The van der Waals surface area contributed by atoms with Crippen molar-refractivity contribution in [3.05, 3.63) is 60.7 Å². The van der Waals surface area contributed by atoms with Gasteiger partial charge in [-0.1, -0.05) is 81.4 Å². The van der Waals surface area contributed by atoms with Crippen LogP contribution in [0, 0.1) is 11.8 Å². The summed E-state index contributed by atoms with van der Waals surface area (Å²) in [7, 11) is -2.63. The van der Waals surface area contributed by atoms with Gasteiger partial charge in [-0.05, 0) is 41.6 Å². The third kappa shape index (κ3) is 4.14. The second kappa shape index (κ2) is 8.45. The molecule has 1 aliphatic heterocycles. The predicted molar refractivity (Wildman–Crippen MR) is 126 cm³/mol. The highest BCUT2D eigenvalue weighted by Crippen LogP contribution is 2.47. The fraction of sp³-hybridized carbons (Fsp3) is 0.538. The first-order chi connectivity index (χ1) is 14.7. The van der Waals surface area contributed by atoms with Crippen molar-refractivity contribution in [3.63, 3.8) is 0 Å². The summed E-state index contributed by atoms with van der Waals surface area (Å²) < 4.78 is 19.4. The molecule has 4 nitrogen and oxygen atoms in total. The maximum absolute atomic E-state index is 10.0. The zero-order chi connectivity index (χ0) is 22.3. The lowest BCUT2D eigenvalue weighted by Gasteiger charge is -2.53. The average Bonchev–Trinajstić information content (AvgIpc) is 3.07. The summed E-state index contributed by atoms with van der Waals surface area (Å²) in [6.07, 6.45) is 0.835. The van der Waals surface area contributed by atoms with E-state index < -0.39 is 14.1 Å². The molecule has 1 saturated carbocycles. The molecule has 1 aliphatic carbocycles. The Kier molecular flexibility index (Phi) is 6.18. The zero-order valence-electron chi connectivity index (χ0n) is 19.4. The molecule has 168 valence electrons. The van der Waals surface area contributed by atoms with Crippen LogP contribution in [0.4, 0.5) is 0 Å². The molecular weight excluding hydrogens is 404 g/mol. The zero-order valence-corrected chi connectivity index (χ0v) is 20.4. The van der Waals surface area contributed by atoms with Crippen LogP contribution in [0.1, 0.15) is 41.0 Å². The second-order valence-electron chi connectivity index (χ2n) is 10.4. The van der Waals surface area contributed by atoms with Gasteiger partial charge in [0, 0.05) is 12.5 Å². The predicted octanol–water partition coefficient (Wildman–Crippen LogP) is 3.71. The van der Waals surface area contributed by atoms with Crippen LogP contribution in [0.2, 0.25) is 5.04 Å². The smallest absolute Gasteiger partial charge is 0.261 e. The molecule has 0 amide bonds. The summed E-state index contributed by atoms with van der Waals surface area (Å²) in [5.74, 6) is -0.262. The SMILES string of the molecule is CC1(C)OC[C@H]([C@@H]2[C@H](CO)C[C@@H]2O[Si](c2ccccc2)(c2ccccc2)C(C)(C)C)O1. The molecule has 1 N–H and O–H groups in total. The highest BCUT2D eigenvalue weighted by molar-refractivity contribution is 6.99. The molecule has 0 unspecified atom stereocenters. The Morgan fingerprint density at radius 1 is 1.00 bits per heavy atom. The highest BCUT2D eigenvalue weighted by atomic mass is 28.4. The Labute approximate surface area is 187 Å². The molecule has 0 radical (unpaired) electrons. The van der Waals surface area contributed by atoms with E-state index in [0.29, 0.717) is 6.61 Å². The summed E-state index contributed by atoms with van der Waals surface area (Å²) in [4.78, 5) is 0. The van der Waals surface area contributed by atoms with Crippen molar-refractivity contribution < 1.29 is 19.0 Å². The van der Waals surface area contributed by atoms with E-state index in [4.69, 9.17) is 13.9 Å². The number of hydrogen-bond donors (Lipinski definition) is 1. The quantitative estimate of drug-likeness (QED) is 0.696. The molecular formula is C26H36O4Si. The van der Waals surface area contributed by atoms with Gasteiger partial charge in [0.05, 0.1) is 18.8 Å². The van der Waals surface area contributed by atoms with Crippen molar-refractivity contribution in [2.75, 3.05) is 13.2 Å². The first-order valence-corrected chi connectivity index (χ1v) is 13.3. The van der Waals surface area contributed by atoms with Crippen molar-refractivity contribution in [1.29, 1.82) is 0 Å². The normalized spacial score (nSPS) is 28.3. The van der Waals surface area contributed by atoms with Crippen LogP contribution in [-0.4, -0.2) is 44.6 Å². The standard InChI is InChI=1S/C26H36O4Si/c1-25(2,3)31(20-12-8-6-9-13-20,21-14-10-7-11-15-21)30-22-16-19(17-27)24(22)23-18-28-26(4,5)29-23/h6-15,19,22-24,27H,16-18H2,1-5H3/t19-,22-,23+,24+/m0/s1. The topological polar surface area (TPSA) is 47.9 Å². The molecule has 0 bridgehead atoms. The van der Waals surface area contributed by atoms with Gasteiger partial charge in [-0.25, -0.2) is 0 Å². The minimum atomic E-state index is -2.63. The maximum Gasteiger partial charge on any atom is 0.261 e. The van der Waals surface area contributed by atoms with E-state index in [9.17, 15) is 5.11 Å². The summed E-state index contributed by atoms with van der Waals surface area (Å²) in [6, 6.07) is 21.5. The van der Waals surface area contributed by atoms with E-state index in [1.807, 2.05) is 13.8 Å². The van der Waals surface area contributed by atoms with E-state index >= 15 is 0 Å². The minimum absolute atomic E-state index is 0.0333. The Morgan fingerprint density at radius 2 is 1.55 bits per heavy atom. The van der Waals surface area contributed by atoms with Crippen LogP contribution in [0.15, 0.2) is 60.7 Å². The van der Waals surface area contributed by atoms with Gasteiger partial charge in [0.2, 0.25) is 0 Å². The summed E-state index contributed by atoms with van der Waals surface area (Å²) in [5.41, 5.74) is 0. The highest BCUT2D eigenvalue weighted by Gasteiger charge is 2.57. The first kappa shape index (κ1) is 22.7. The van der Waals surface area contributed by atoms with Crippen LogP contribution in [0.25, 0.3) is 0 Å². The van der Waals surface area contributed by atoms with Gasteiger partial charge in [0.25, 0.3) is 8.32 Å². The van der Waals surface area contributed by atoms with Crippen molar-refractivity contribution in [2.45, 2.75) is 64.1 Å². The monoisotopic (exact) mass is 440 g/mol. The third-order valence-electron chi connectivity index (χ3n) is 6.95. The van der Waals surface area contributed by atoms with Crippen molar-refractivity contribution in [3.8, 4) is 0 Å². The van der Waals surface area contributed by atoms with E-state index in [-0.39, 0.29) is 35.7 Å². The van der Waals surface area contributed by atoms with Gasteiger partial charge in [0.15, 0.2) is 5.79 Å². The number of ether oxygens (including phenoxy) is 2. The Hall–Kier alpha value is -1.50. The van der Waals surface area contributed by atoms with Crippen LogP contribution < -0.4 is 10.4 Å². The molecule has 0 aromatic heterocycles. The van der Waals surface area contributed by atoms with E-state index in [1.54, 1.807) is 0 Å². The van der Waals surface area contributed by atoms with Gasteiger partial charge >= 0.3 is 0 Å². The minimum Gasteiger partial charge on any atom is -0.404 e. The molecule has 1 heterocycles. The molecule has 4 atom stereocenters. The van der Waals surface area contributed by atoms with Gasteiger partial charge in [-0.2, -0.15) is 0 Å². The lowest BCUT2D eigenvalue weighted by Crippen LogP contribution is -2.70. The number of aliphatic hydroxyl groups excluding tert-OH is 1. The number of benzene rings is 2. The maximum atomic E-state index is 10.0. The molecule has 5 heteroatoms. The Bertz CT molecular complexity index is 822. The molecule has 31 heavy (non-hydrogen) atoms. The van der Waals surface area contributed by atoms with Crippen LogP contribution in [-0.2, 0) is 13.9 Å². The van der Waals surface area contributed by atoms with Crippen LogP contribution in [0.5, 0.6) is 0 Å². The summed E-state index contributed by atoms with van der Waals surface area (Å²) >= 11 is 0. The second-order valence-corrected chi connectivity index (χ2v) is 14.7. The Morgan fingerprint density at radius 3 is 1.97 bits per heavy atom. The average molecular weight is 441 g/mol. The first-order valence-electron chi connectivity index (χ1n) is 11.4. The fourth-order valence-electron chi connectivity index (χ4n) is 5.41. The van der Waals surface area contributed by atoms with Crippen LogP contribution >= 0.6 is 0 Å². The lowest BCUT2D eigenvalue weighted by atomic mass is 9.68. The van der Waals surface area contributed by atoms with E-state index in [2.05, 4.69) is 81.4 Å². The number of hydrogen-bond acceptors (Lipinski definition) is 4.